The maximum absolute atomic E-state index is 12.8. The van der Waals surface area contributed by atoms with Gasteiger partial charge in [0.2, 0.25) is 0 Å². The van der Waals surface area contributed by atoms with Gasteiger partial charge in [0.15, 0.2) is 0 Å². The van der Waals surface area contributed by atoms with Crippen LogP contribution in [0.1, 0.15) is 27.9 Å². The summed E-state index contributed by atoms with van der Waals surface area (Å²) >= 11 is 0. The number of hydrogen-bond donors (Lipinski definition) is 2. The zero-order valence-electron chi connectivity index (χ0n) is 15.7. The van der Waals surface area contributed by atoms with Crippen molar-refractivity contribution in [2.24, 2.45) is 0 Å². The van der Waals surface area contributed by atoms with Crippen molar-refractivity contribution >= 4 is 5.91 Å². The standard InChI is InChI=1S/C21H27N3O3/c1-16-8-12-24(13-9-17-5-3-2-4-6-17)21(26)19(16)20(25)23-10-7-18-15-22-11-14-27-18/h2-6,8,12,18,22H,7,9-11,13-15H2,1H3,(H,23,25). The molecule has 1 atom stereocenters. The van der Waals surface area contributed by atoms with Crippen molar-refractivity contribution in [3.63, 3.8) is 0 Å². The molecular formula is C21H27N3O3. The first-order chi connectivity index (χ1) is 13.1. The summed E-state index contributed by atoms with van der Waals surface area (Å²) in [5, 5.41) is 6.14. The van der Waals surface area contributed by atoms with E-state index in [-0.39, 0.29) is 23.1 Å². The van der Waals surface area contributed by atoms with Gasteiger partial charge in [-0.2, -0.15) is 0 Å². The molecule has 0 spiro atoms. The Morgan fingerprint density at radius 3 is 2.85 bits per heavy atom. The van der Waals surface area contributed by atoms with Gasteiger partial charge in [-0.05, 0) is 37.0 Å². The van der Waals surface area contributed by atoms with Crippen LogP contribution in [0.5, 0.6) is 0 Å². The SMILES string of the molecule is Cc1ccn(CCc2ccccc2)c(=O)c1C(=O)NCCC1CNCCO1. The van der Waals surface area contributed by atoms with E-state index in [1.54, 1.807) is 17.7 Å². The van der Waals surface area contributed by atoms with Crippen LogP contribution < -0.4 is 16.2 Å². The average molecular weight is 369 g/mol. The molecule has 1 aliphatic heterocycles. The molecule has 0 aliphatic carbocycles. The second kappa shape index (κ2) is 9.48. The van der Waals surface area contributed by atoms with E-state index in [1.165, 1.54) is 0 Å². The molecule has 1 aliphatic rings. The van der Waals surface area contributed by atoms with Crippen LogP contribution in [-0.2, 0) is 17.7 Å². The minimum atomic E-state index is -0.310. The first-order valence-electron chi connectivity index (χ1n) is 9.49. The molecule has 2 heterocycles. The van der Waals surface area contributed by atoms with Crippen LogP contribution in [0, 0.1) is 6.92 Å². The van der Waals surface area contributed by atoms with E-state index in [2.05, 4.69) is 10.6 Å². The van der Waals surface area contributed by atoms with Gasteiger partial charge in [0.05, 0.1) is 12.7 Å². The van der Waals surface area contributed by atoms with Crippen molar-refractivity contribution in [3.05, 3.63) is 69.6 Å². The Bertz CT molecular complexity index is 811. The number of nitrogens with one attached hydrogen (secondary N) is 2. The van der Waals surface area contributed by atoms with Gasteiger partial charge in [0.1, 0.15) is 5.56 Å². The van der Waals surface area contributed by atoms with E-state index in [0.29, 0.717) is 25.3 Å². The summed E-state index contributed by atoms with van der Waals surface area (Å²) in [4.78, 5) is 25.4. The fraction of sp³-hybridized carbons (Fsp3) is 0.429. The third kappa shape index (κ3) is 5.28. The Morgan fingerprint density at radius 1 is 1.30 bits per heavy atom. The number of nitrogens with zero attached hydrogens (tertiary/aromatic N) is 1. The van der Waals surface area contributed by atoms with E-state index in [9.17, 15) is 9.59 Å². The minimum Gasteiger partial charge on any atom is -0.376 e. The molecule has 6 heteroatoms. The smallest absolute Gasteiger partial charge is 0.263 e. The lowest BCUT2D eigenvalue weighted by molar-refractivity contribution is 0.0239. The van der Waals surface area contributed by atoms with Gasteiger partial charge in [0, 0.05) is 32.4 Å². The third-order valence-electron chi connectivity index (χ3n) is 4.84. The average Bonchev–Trinajstić information content (AvgIpc) is 2.69. The molecule has 1 amide bonds. The van der Waals surface area contributed by atoms with E-state index >= 15 is 0 Å². The maximum atomic E-state index is 12.8. The molecule has 1 fully saturated rings. The van der Waals surface area contributed by atoms with Crippen molar-refractivity contribution in [3.8, 4) is 0 Å². The summed E-state index contributed by atoms with van der Waals surface area (Å²) in [6, 6.07) is 11.8. The summed E-state index contributed by atoms with van der Waals surface area (Å²) in [6.07, 6.45) is 3.35. The first kappa shape index (κ1) is 19.3. The minimum absolute atomic E-state index is 0.110. The van der Waals surface area contributed by atoms with Crippen LogP contribution in [0.4, 0.5) is 0 Å². The fourth-order valence-electron chi connectivity index (χ4n) is 3.25. The van der Waals surface area contributed by atoms with Crippen LogP contribution in [0.2, 0.25) is 0 Å². The Morgan fingerprint density at radius 2 is 2.11 bits per heavy atom. The second-order valence-electron chi connectivity index (χ2n) is 6.85. The molecule has 3 rings (SSSR count). The number of benzene rings is 1. The molecule has 144 valence electrons. The van der Waals surface area contributed by atoms with Crippen LogP contribution in [-0.4, -0.2) is 42.8 Å². The number of amides is 1. The number of aryl methyl sites for hydroxylation is 3. The summed E-state index contributed by atoms with van der Waals surface area (Å²) < 4.78 is 7.24. The number of pyridine rings is 1. The summed E-state index contributed by atoms with van der Waals surface area (Å²) in [6.45, 7) is 5.20. The van der Waals surface area contributed by atoms with E-state index in [0.717, 1.165) is 31.5 Å². The van der Waals surface area contributed by atoms with Crippen molar-refractivity contribution in [2.75, 3.05) is 26.2 Å². The lowest BCUT2D eigenvalue weighted by atomic mass is 10.1. The normalized spacial score (nSPS) is 16.9. The molecule has 0 bridgehead atoms. The number of rotatable bonds is 7. The number of morpholine rings is 1. The Hall–Kier alpha value is -2.44. The van der Waals surface area contributed by atoms with Crippen molar-refractivity contribution in [1.82, 2.24) is 15.2 Å². The zero-order valence-corrected chi connectivity index (χ0v) is 15.7. The molecule has 27 heavy (non-hydrogen) atoms. The van der Waals surface area contributed by atoms with E-state index in [4.69, 9.17) is 4.74 Å². The van der Waals surface area contributed by atoms with Crippen molar-refractivity contribution in [1.29, 1.82) is 0 Å². The predicted molar refractivity (Wildman–Crippen MR) is 105 cm³/mol. The highest BCUT2D eigenvalue weighted by molar-refractivity contribution is 5.95. The topological polar surface area (TPSA) is 72.4 Å². The fourth-order valence-corrected chi connectivity index (χ4v) is 3.25. The summed E-state index contributed by atoms with van der Waals surface area (Å²) in [5.41, 5.74) is 1.85. The maximum Gasteiger partial charge on any atom is 0.263 e. The molecule has 0 saturated carbocycles. The highest BCUT2D eigenvalue weighted by Gasteiger charge is 2.17. The molecule has 0 radical (unpaired) electrons. The molecule has 1 aromatic heterocycles. The molecule has 1 aromatic carbocycles. The quantitative estimate of drug-likeness (QED) is 0.776. The molecule has 2 N–H and O–H groups in total. The van der Waals surface area contributed by atoms with Gasteiger partial charge in [-0.25, -0.2) is 0 Å². The highest BCUT2D eigenvalue weighted by Crippen LogP contribution is 2.06. The Balaban J connectivity index is 1.61. The van der Waals surface area contributed by atoms with Gasteiger partial charge in [-0.3, -0.25) is 9.59 Å². The van der Waals surface area contributed by atoms with Crippen molar-refractivity contribution in [2.45, 2.75) is 32.4 Å². The molecule has 1 unspecified atom stereocenters. The first-order valence-corrected chi connectivity index (χ1v) is 9.49. The number of carbonyl (C=O) groups excluding carboxylic acids is 1. The largest absolute Gasteiger partial charge is 0.376 e. The van der Waals surface area contributed by atoms with Gasteiger partial charge >= 0.3 is 0 Å². The van der Waals surface area contributed by atoms with E-state index < -0.39 is 0 Å². The predicted octanol–water partition coefficient (Wildman–Crippen LogP) is 1.51. The zero-order chi connectivity index (χ0) is 19.1. The lowest BCUT2D eigenvalue weighted by Crippen LogP contribution is -2.41. The second-order valence-corrected chi connectivity index (χ2v) is 6.85. The van der Waals surface area contributed by atoms with Gasteiger partial charge in [-0.1, -0.05) is 30.3 Å². The lowest BCUT2D eigenvalue weighted by Gasteiger charge is -2.23. The van der Waals surface area contributed by atoms with Crippen molar-refractivity contribution < 1.29 is 9.53 Å². The van der Waals surface area contributed by atoms with Crippen LogP contribution in [0.15, 0.2) is 47.4 Å². The van der Waals surface area contributed by atoms with Crippen LogP contribution >= 0.6 is 0 Å². The Labute approximate surface area is 159 Å². The van der Waals surface area contributed by atoms with Gasteiger partial charge in [0.25, 0.3) is 11.5 Å². The molecule has 2 aromatic rings. The van der Waals surface area contributed by atoms with Gasteiger partial charge in [-0.15, -0.1) is 0 Å². The molecule has 1 saturated heterocycles. The van der Waals surface area contributed by atoms with E-state index in [1.807, 2.05) is 36.4 Å². The highest BCUT2D eigenvalue weighted by atomic mass is 16.5. The molecular weight excluding hydrogens is 342 g/mol. The van der Waals surface area contributed by atoms with Crippen LogP contribution in [0.3, 0.4) is 0 Å². The van der Waals surface area contributed by atoms with Gasteiger partial charge < -0.3 is 19.9 Å². The monoisotopic (exact) mass is 369 g/mol. The number of ether oxygens (including phenoxy) is 1. The third-order valence-corrected chi connectivity index (χ3v) is 4.84. The summed E-state index contributed by atoms with van der Waals surface area (Å²) in [5.74, 6) is -0.310. The Kier molecular flexibility index (Phi) is 6.79. The van der Waals surface area contributed by atoms with Crippen LogP contribution in [0.25, 0.3) is 0 Å². The molecule has 6 nitrogen and oxygen atoms in total. The summed E-state index contributed by atoms with van der Waals surface area (Å²) in [7, 11) is 0. The number of aromatic nitrogens is 1. The number of hydrogen-bond acceptors (Lipinski definition) is 4. The number of carbonyl (C=O) groups is 1.